The fraction of sp³-hybridized carbons (Fsp3) is 0.316. The molecule has 1 N–H and O–H groups in total. The number of fused-ring (bicyclic) bond motifs is 1. The van der Waals surface area contributed by atoms with Gasteiger partial charge in [0.1, 0.15) is 5.76 Å². The highest BCUT2D eigenvalue weighted by atomic mass is 32.1. The lowest BCUT2D eigenvalue weighted by Gasteiger charge is -2.15. The maximum absolute atomic E-state index is 12.6. The van der Waals surface area contributed by atoms with Gasteiger partial charge in [0.15, 0.2) is 10.8 Å². The Morgan fingerprint density at radius 1 is 1.28 bits per heavy atom. The number of thiazole rings is 1. The minimum atomic E-state index is -0.275. The van der Waals surface area contributed by atoms with Gasteiger partial charge in [-0.3, -0.25) is 10.1 Å². The molecule has 1 aromatic carbocycles. The van der Waals surface area contributed by atoms with Gasteiger partial charge in [0.25, 0.3) is 5.91 Å². The summed E-state index contributed by atoms with van der Waals surface area (Å²) in [6.07, 6.45) is 3.20. The number of hydrogen-bond acceptors (Lipinski definition) is 5. The molecular weight excluding hydrogens is 334 g/mol. The Hall–Kier alpha value is -2.47. The summed E-state index contributed by atoms with van der Waals surface area (Å²) in [6.45, 7) is 4.01. The normalized spacial score (nSPS) is 16.5. The number of oxazole rings is 1. The highest BCUT2D eigenvalue weighted by Gasteiger charge is 2.23. The molecule has 1 amide bonds. The third-order valence-electron chi connectivity index (χ3n) is 4.44. The van der Waals surface area contributed by atoms with E-state index in [1.54, 1.807) is 18.3 Å². The Kier molecular flexibility index (Phi) is 4.13. The number of hydrogen-bond donors (Lipinski definition) is 1. The number of nitrogens with zero attached hydrogens (tertiary/aromatic N) is 2. The van der Waals surface area contributed by atoms with Gasteiger partial charge >= 0.3 is 0 Å². The Labute approximate surface area is 150 Å². The number of aromatic nitrogens is 2. The summed E-state index contributed by atoms with van der Waals surface area (Å²) in [5.74, 6) is 1.37. The van der Waals surface area contributed by atoms with E-state index in [4.69, 9.17) is 4.42 Å². The summed E-state index contributed by atoms with van der Waals surface area (Å²) >= 11 is 1.57. The number of anilines is 1. The molecule has 25 heavy (non-hydrogen) atoms. The molecule has 2 heterocycles. The van der Waals surface area contributed by atoms with E-state index in [9.17, 15) is 4.79 Å². The quantitative estimate of drug-likeness (QED) is 0.753. The van der Waals surface area contributed by atoms with Crippen molar-refractivity contribution in [1.29, 1.82) is 0 Å². The van der Waals surface area contributed by atoms with Gasteiger partial charge in [-0.25, -0.2) is 9.97 Å². The van der Waals surface area contributed by atoms with E-state index in [0.717, 1.165) is 30.5 Å². The maximum Gasteiger partial charge on any atom is 0.279 e. The second-order valence-electron chi connectivity index (χ2n) is 6.48. The van der Waals surface area contributed by atoms with Gasteiger partial charge in [0.05, 0.1) is 5.69 Å². The van der Waals surface area contributed by atoms with E-state index in [-0.39, 0.29) is 5.91 Å². The molecule has 0 saturated carbocycles. The number of nitrogens with one attached hydrogen (secondary N) is 1. The van der Waals surface area contributed by atoms with Crippen LogP contribution in [0.15, 0.2) is 34.7 Å². The first-order valence-corrected chi connectivity index (χ1v) is 9.24. The number of carbonyl (C=O) groups excluding carboxylic acids is 1. The fourth-order valence-electron chi connectivity index (χ4n) is 3.06. The number of amides is 1. The zero-order valence-corrected chi connectivity index (χ0v) is 15.0. The molecular formula is C19H19N3O2S. The van der Waals surface area contributed by atoms with Crippen molar-refractivity contribution >= 4 is 22.4 Å². The molecule has 0 bridgehead atoms. The second kappa shape index (κ2) is 6.44. The van der Waals surface area contributed by atoms with Crippen LogP contribution in [0.3, 0.4) is 0 Å². The van der Waals surface area contributed by atoms with Crippen LogP contribution in [-0.2, 0) is 12.8 Å². The van der Waals surface area contributed by atoms with E-state index in [1.165, 1.54) is 4.88 Å². The maximum atomic E-state index is 12.6. The molecule has 0 saturated heterocycles. The van der Waals surface area contributed by atoms with Crippen LogP contribution in [0.4, 0.5) is 5.13 Å². The van der Waals surface area contributed by atoms with Crippen molar-refractivity contribution in [2.24, 2.45) is 5.92 Å². The monoisotopic (exact) mass is 353 g/mol. The predicted molar refractivity (Wildman–Crippen MR) is 97.9 cm³/mol. The Morgan fingerprint density at radius 3 is 2.88 bits per heavy atom. The van der Waals surface area contributed by atoms with Crippen LogP contribution in [0.1, 0.15) is 40.2 Å². The molecule has 0 aliphatic heterocycles. The summed E-state index contributed by atoms with van der Waals surface area (Å²) in [7, 11) is 0. The third-order valence-corrected chi connectivity index (χ3v) is 5.47. The molecule has 128 valence electrons. The summed E-state index contributed by atoms with van der Waals surface area (Å²) < 4.78 is 5.67. The molecule has 0 fully saturated rings. The number of benzene rings is 1. The Morgan fingerprint density at radius 2 is 2.08 bits per heavy atom. The van der Waals surface area contributed by atoms with Crippen LogP contribution in [0.2, 0.25) is 0 Å². The lowest BCUT2D eigenvalue weighted by Crippen LogP contribution is -2.13. The van der Waals surface area contributed by atoms with Crippen molar-refractivity contribution in [3.63, 3.8) is 0 Å². The van der Waals surface area contributed by atoms with Crippen LogP contribution in [-0.4, -0.2) is 15.9 Å². The molecule has 0 radical (unpaired) electrons. The summed E-state index contributed by atoms with van der Waals surface area (Å²) in [6, 6.07) is 9.56. The summed E-state index contributed by atoms with van der Waals surface area (Å²) in [4.78, 5) is 22.8. The molecule has 1 aliphatic carbocycles. The Balaban J connectivity index is 1.55. The van der Waals surface area contributed by atoms with Crippen LogP contribution in [0.25, 0.3) is 11.5 Å². The summed E-state index contributed by atoms with van der Waals surface area (Å²) in [5, 5.41) is 3.53. The van der Waals surface area contributed by atoms with E-state index in [0.29, 0.717) is 28.4 Å². The van der Waals surface area contributed by atoms with Crippen molar-refractivity contribution in [3.05, 3.63) is 52.4 Å². The standard InChI is InChI=1S/C19H19N3O2S/c1-11-8-9-14-15(10-11)25-19(20-14)22-17(23)16-12(2)24-18(21-16)13-6-4-3-5-7-13/h3-7,11H,8-10H2,1-2H3,(H,20,22,23)/t11-/m1/s1. The van der Waals surface area contributed by atoms with Gasteiger partial charge in [0, 0.05) is 10.4 Å². The van der Waals surface area contributed by atoms with Gasteiger partial charge in [-0.2, -0.15) is 0 Å². The first-order chi connectivity index (χ1) is 12.1. The smallest absolute Gasteiger partial charge is 0.279 e. The van der Waals surface area contributed by atoms with Gasteiger partial charge in [-0.05, 0) is 44.2 Å². The van der Waals surface area contributed by atoms with Crippen LogP contribution >= 0.6 is 11.3 Å². The lowest BCUT2D eigenvalue weighted by atomic mass is 9.93. The first-order valence-electron chi connectivity index (χ1n) is 8.43. The first kappa shape index (κ1) is 16.0. The molecule has 2 aromatic heterocycles. The second-order valence-corrected chi connectivity index (χ2v) is 7.56. The highest BCUT2D eigenvalue weighted by molar-refractivity contribution is 7.15. The lowest BCUT2D eigenvalue weighted by molar-refractivity contribution is 0.102. The average Bonchev–Trinajstić information content (AvgIpc) is 3.18. The molecule has 1 aliphatic rings. The molecule has 0 unspecified atom stereocenters. The van der Waals surface area contributed by atoms with Crippen LogP contribution < -0.4 is 5.32 Å². The average molecular weight is 353 g/mol. The van der Waals surface area contributed by atoms with Crippen molar-refractivity contribution in [3.8, 4) is 11.5 Å². The van der Waals surface area contributed by atoms with Crippen LogP contribution in [0.5, 0.6) is 0 Å². The fourth-order valence-corrected chi connectivity index (χ4v) is 4.23. The van der Waals surface area contributed by atoms with Crippen molar-refractivity contribution in [2.45, 2.75) is 33.1 Å². The van der Waals surface area contributed by atoms with Gasteiger partial charge in [-0.15, -0.1) is 11.3 Å². The van der Waals surface area contributed by atoms with E-state index in [1.807, 2.05) is 30.3 Å². The van der Waals surface area contributed by atoms with Gasteiger partial charge < -0.3 is 4.42 Å². The Bertz CT molecular complexity index is 914. The van der Waals surface area contributed by atoms with Gasteiger partial charge in [-0.1, -0.05) is 25.1 Å². The molecule has 6 heteroatoms. The van der Waals surface area contributed by atoms with Crippen molar-refractivity contribution in [1.82, 2.24) is 9.97 Å². The topological polar surface area (TPSA) is 68.0 Å². The van der Waals surface area contributed by atoms with E-state index >= 15 is 0 Å². The van der Waals surface area contributed by atoms with E-state index < -0.39 is 0 Å². The molecule has 5 nitrogen and oxygen atoms in total. The highest BCUT2D eigenvalue weighted by Crippen LogP contribution is 2.32. The molecule has 1 atom stereocenters. The summed E-state index contributed by atoms with van der Waals surface area (Å²) in [5.41, 5.74) is 2.28. The minimum absolute atomic E-state index is 0.275. The zero-order valence-electron chi connectivity index (χ0n) is 14.2. The van der Waals surface area contributed by atoms with Crippen LogP contribution in [0, 0.1) is 12.8 Å². The van der Waals surface area contributed by atoms with Crippen molar-refractivity contribution < 1.29 is 9.21 Å². The minimum Gasteiger partial charge on any atom is -0.441 e. The van der Waals surface area contributed by atoms with Crippen molar-refractivity contribution in [2.75, 3.05) is 5.32 Å². The largest absolute Gasteiger partial charge is 0.441 e. The SMILES string of the molecule is Cc1oc(-c2ccccc2)nc1C(=O)Nc1nc2c(s1)C[C@H](C)CC2. The predicted octanol–water partition coefficient (Wildman–Crippen LogP) is 4.48. The van der Waals surface area contributed by atoms with E-state index in [2.05, 4.69) is 22.2 Å². The third kappa shape index (κ3) is 3.22. The zero-order chi connectivity index (χ0) is 17.4. The molecule has 3 aromatic rings. The number of aryl methyl sites for hydroxylation is 2. The molecule has 0 spiro atoms. The number of carbonyl (C=O) groups is 1. The molecule has 4 rings (SSSR count). The van der Waals surface area contributed by atoms with Gasteiger partial charge in [0.2, 0.25) is 5.89 Å². The number of rotatable bonds is 3.